The van der Waals surface area contributed by atoms with Crippen molar-refractivity contribution in [3.63, 3.8) is 0 Å². The summed E-state index contributed by atoms with van der Waals surface area (Å²) < 4.78 is 9.74. The fraction of sp³-hybridized carbons (Fsp3) is 0.615. The fourth-order valence-corrected chi connectivity index (χ4v) is 1.76. The Bertz CT molecular complexity index is 474. The van der Waals surface area contributed by atoms with Crippen molar-refractivity contribution in [2.75, 3.05) is 32.6 Å². The lowest BCUT2D eigenvalue weighted by atomic mass is 10.1. The number of anilines is 1. The first-order valence-corrected chi connectivity index (χ1v) is 6.66. The molecule has 0 aromatic carbocycles. The van der Waals surface area contributed by atoms with Crippen molar-refractivity contribution >= 4 is 17.6 Å². The van der Waals surface area contributed by atoms with E-state index < -0.39 is 6.04 Å². The van der Waals surface area contributed by atoms with Crippen molar-refractivity contribution < 1.29 is 18.8 Å². The zero-order valence-corrected chi connectivity index (χ0v) is 12.6. The highest BCUT2D eigenvalue weighted by Crippen LogP contribution is 2.07. The maximum absolute atomic E-state index is 12.0. The van der Waals surface area contributed by atoms with Crippen LogP contribution in [-0.2, 0) is 14.3 Å². The normalized spacial score (nSPS) is 12.0. The second-order valence-corrected chi connectivity index (χ2v) is 4.81. The number of nitrogens with two attached hydrogens (primary N) is 1. The highest BCUT2D eigenvalue weighted by Gasteiger charge is 2.20. The molecule has 0 saturated heterocycles. The second kappa shape index (κ2) is 8.38. The summed E-state index contributed by atoms with van der Waals surface area (Å²) in [7, 11) is 3.13. The molecule has 1 unspecified atom stereocenters. The quantitative estimate of drug-likeness (QED) is 0.660. The molecular formula is C13H22N4O4. The highest BCUT2D eigenvalue weighted by molar-refractivity contribution is 5.94. The van der Waals surface area contributed by atoms with Gasteiger partial charge in [0.2, 0.25) is 11.8 Å². The van der Waals surface area contributed by atoms with Crippen LogP contribution in [0.25, 0.3) is 0 Å². The number of nitrogens with one attached hydrogen (secondary N) is 1. The van der Waals surface area contributed by atoms with Gasteiger partial charge in [0.05, 0.1) is 12.6 Å². The van der Waals surface area contributed by atoms with Gasteiger partial charge in [-0.05, 0) is 19.8 Å². The number of aromatic nitrogens is 1. The summed E-state index contributed by atoms with van der Waals surface area (Å²) in [6.45, 7) is 2.18. The summed E-state index contributed by atoms with van der Waals surface area (Å²) in [6, 6.07) is 0.961. The first-order valence-electron chi connectivity index (χ1n) is 6.66. The SMILES string of the molecule is COCCCC(N)C(=O)N(C)CC(=O)Nc1cc(C)on1. The molecule has 0 spiro atoms. The molecule has 118 valence electrons. The van der Waals surface area contributed by atoms with Gasteiger partial charge >= 0.3 is 0 Å². The maximum Gasteiger partial charge on any atom is 0.245 e. The molecule has 1 atom stereocenters. The lowest BCUT2D eigenvalue weighted by molar-refractivity contribution is -0.134. The monoisotopic (exact) mass is 298 g/mol. The zero-order valence-electron chi connectivity index (χ0n) is 12.6. The third-order valence-corrected chi connectivity index (χ3v) is 2.83. The summed E-state index contributed by atoms with van der Waals surface area (Å²) in [6.07, 6.45) is 1.21. The Labute approximate surface area is 123 Å². The van der Waals surface area contributed by atoms with E-state index in [2.05, 4.69) is 10.5 Å². The molecule has 2 amide bonds. The van der Waals surface area contributed by atoms with Crippen LogP contribution < -0.4 is 11.1 Å². The van der Waals surface area contributed by atoms with Gasteiger partial charge in [-0.3, -0.25) is 9.59 Å². The number of aryl methyl sites for hydroxylation is 1. The average molecular weight is 298 g/mol. The van der Waals surface area contributed by atoms with Gasteiger partial charge in [0.25, 0.3) is 0 Å². The van der Waals surface area contributed by atoms with Crippen molar-refractivity contribution in [3.8, 4) is 0 Å². The molecule has 3 N–H and O–H groups in total. The van der Waals surface area contributed by atoms with Gasteiger partial charge in [0.15, 0.2) is 5.82 Å². The molecule has 0 fully saturated rings. The molecule has 8 heteroatoms. The molecule has 1 rings (SSSR count). The maximum atomic E-state index is 12.0. The van der Waals surface area contributed by atoms with Crippen LogP contribution in [0.3, 0.4) is 0 Å². The number of methoxy groups -OCH3 is 1. The van der Waals surface area contributed by atoms with Gasteiger partial charge < -0.3 is 25.2 Å². The lowest BCUT2D eigenvalue weighted by Crippen LogP contribution is -2.44. The lowest BCUT2D eigenvalue weighted by Gasteiger charge is -2.20. The van der Waals surface area contributed by atoms with Gasteiger partial charge in [-0.15, -0.1) is 0 Å². The van der Waals surface area contributed by atoms with Gasteiger partial charge in [0, 0.05) is 26.8 Å². The van der Waals surface area contributed by atoms with Gasteiger partial charge in [-0.25, -0.2) is 0 Å². The van der Waals surface area contributed by atoms with Crippen LogP contribution in [0.15, 0.2) is 10.6 Å². The summed E-state index contributed by atoms with van der Waals surface area (Å²) in [5.41, 5.74) is 5.78. The largest absolute Gasteiger partial charge is 0.385 e. The first-order chi connectivity index (χ1) is 9.93. The minimum atomic E-state index is -0.632. The zero-order chi connectivity index (χ0) is 15.8. The molecule has 21 heavy (non-hydrogen) atoms. The smallest absolute Gasteiger partial charge is 0.245 e. The van der Waals surface area contributed by atoms with Crippen molar-refractivity contribution in [2.45, 2.75) is 25.8 Å². The Hall–Kier alpha value is -1.93. The predicted octanol–water partition coefficient (Wildman–Crippen LogP) is 0.134. The number of carbonyl (C=O) groups is 2. The van der Waals surface area contributed by atoms with Crippen molar-refractivity contribution in [1.82, 2.24) is 10.1 Å². The summed E-state index contributed by atoms with van der Waals surface area (Å²) in [4.78, 5) is 25.0. The predicted molar refractivity (Wildman–Crippen MR) is 76.6 cm³/mol. The Morgan fingerprint density at radius 3 is 2.86 bits per heavy atom. The first kappa shape index (κ1) is 17.1. The van der Waals surface area contributed by atoms with Gasteiger partial charge in [-0.2, -0.15) is 0 Å². The number of likely N-dealkylation sites (N-methyl/N-ethyl adjacent to an activating group) is 1. The van der Waals surface area contributed by atoms with E-state index in [1.54, 1.807) is 20.1 Å². The Morgan fingerprint density at radius 1 is 1.57 bits per heavy atom. The number of hydrogen-bond acceptors (Lipinski definition) is 6. The molecule has 0 aliphatic carbocycles. The van der Waals surface area contributed by atoms with E-state index in [1.165, 1.54) is 11.9 Å². The molecule has 1 aromatic rings. The highest BCUT2D eigenvalue weighted by atomic mass is 16.5. The molecule has 1 aromatic heterocycles. The van der Waals surface area contributed by atoms with Crippen LogP contribution in [-0.4, -0.2) is 55.2 Å². The number of hydrogen-bond donors (Lipinski definition) is 2. The standard InChI is InChI=1S/C13H22N4O4/c1-9-7-11(16-21-9)15-12(18)8-17(2)13(19)10(14)5-4-6-20-3/h7,10H,4-6,8,14H2,1-3H3,(H,15,16,18). The third kappa shape index (κ3) is 5.92. The van der Waals surface area contributed by atoms with Crippen LogP contribution in [0, 0.1) is 6.92 Å². The van der Waals surface area contributed by atoms with Crippen molar-refractivity contribution in [2.24, 2.45) is 5.73 Å². The van der Waals surface area contributed by atoms with Crippen LogP contribution in [0.1, 0.15) is 18.6 Å². The van der Waals surface area contributed by atoms with Crippen molar-refractivity contribution in [3.05, 3.63) is 11.8 Å². The average Bonchev–Trinajstić information content (AvgIpc) is 2.83. The Kier molecular flexibility index (Phi) is 6.83. The van der Waals surface area contributed by atoms with Crippen LogP contribution in [0.2, 0.25) is 0 Å². The molecule has 1 heterocycles. The van der Waals surface area contributed by atoms with E-state index in [1.807, 2.05) is 0 Å². The number of nitrogens with zero attached hydrogens (tertiary/aromatic N) is 2. The van der Waals surface area contributed by atoms with Crippen LogP contribution in [0.5, 0.6) is 0 Å². The van der Waals surface area contributed by atoms with Gasteiger partial charge in [0.1, 0.15) is 5.76 Å². The number of rotatable bonds is 8. The third-order valence-electron chi connectivity index (χ3n) is 2.83. The number of amides is 2. The molecule has 0 bridgehead atoms. The summed E-state index contributed by atoms with van der Waals surface area (Å²) in [5, 5.41) is 6.19. The van der Waals surface area contributed by atoms with E-state index in [-0.39, 0.29) is 18.4 Å². The van der Waals surface area contributed by atoms with E-state index in [9.17, 15) is 9.59 Å². The topological polar surface area (TPSA) is 111 Å². The minimum Gasteiger partial charge on any atom is -0.385 e. The van der Waals surface area contributed by atoms with Crippen LogP contribution >= 0.6 is 0 Å². The van der Waals surface area contributed by atoms with E-state index in [4.69, 9.17) is 15.0 Å². The van der Waals surface area contributed by atoms with Crippen LogP contribution in [0.4, 0.5) is 5.82 Å². The van der Waals surface area contributed by atoms with Crippen molar-refractivity contribution in [1.29, 1.82) is 0 Å². The number of carbonyl (C=O) groups excluding carboxylic acids is 2. The molecule has 0 aliphatic heterocycles. The number of ether oxygens (including phenoxy) is 1. The summed E-state index contributed by atoms with van der Waals surface area (Å²) >= 11 is 0. The van der Waals surface area contributed by atoms with E-state index in [0.717, 1.165) is 0 Å². The molecule has 0 aliphatic rings. The fourth-order valence-electron chi connectivity index (χ4n) is 1.76. The second-order valence-electron chi connectivity index (χ2n) is 4.81. The Balaban J connectivity index is 2.38. The molecule has 0 radical (unpaired) electrons. The molecule has 0 saturated carbocycles. The van der Waals surface area contributed by atoms with E-state index >= 15 is 0 Å². The minimum absolute atomic E-state index is 0.0945. The molecule has 8 nitrogen and oxygen atoms in total. The molecular weight excluding hydrogens is 276 g/mol. The Morgan fingerprint density at radius 2 is 2.29 bits per heavy atom. The van der Waals surface area contributed by atoms with E-state index in [0.29, 0.717) is 31.0 Å². The van der Waals surface area contributed by atoms with Gasteiger partial charge in [-0.1, -0.05) is 5.16 Å². The summed E-state index contributed by atoms with van der Waals surface area (Å²) in [5.74, 6) is 0.276.